The van der Waals surface area contributed by atoms with E-state index < -0.39 is 16.1 Å². The summed E-state index contributed by atoms with van der Waals surface area (Å²) in [6.45, 7) is 0. The van der Waals surface area contributed by atoms with Gasteiger partial charge >= 0.3 is 16.1 Å². The van der Waals surface area contributed by atoms with E-state index in [4.69, 9.17) is 9.79 Å². The summed E-state index contributed by atoms with van der Waals surface area (Å²) < 4.78 is 21.0. The molecule has 1 aromatic carbocycles. The third-order valence-electron chi connectivity index (χ3n) is 1.66. The van der Waals surface area contributed by atoms with E-state index in [1.807, 2.05) is 0 Å². The van der Waals surface area contributed by atoms with E-state index in [0.717, 1.165) is 11.1 Å². The Balaban J connectivity index is 2.68. The highest BCUT2D eigenvalue weighted by atomic mass is 31.1. The molecule has 0 saturated heterocycles. The lowest BCUT2D eigenvalue weighted by Crippen LogP contribution is -1.83. The molecule has 6 heteroatoms. The predicted octanol–water partition coefficient (Wildman–Crippen LogP) is 2.16. The van der Waals surface area contributed by atoms with Crippen LogP contribution in [-0.2, 0) is 21.5 Å². The minimum Gasteiger partial charge on any atom is -0.160 e. The Bertz CT molecular complexity index is 312. The van der Waals surface area contributed by atoms with Gasteiger partial charge in [0, 0.05) is 11.1 Å². The average molecular weight is 232 g/mol. The molecule has 1 aromatic rings. The van der Waals surface area contributed by atoms with E-state index in [9.17, 15) is 9.13 Å². The van der Waals surface area contributed by atoms with Gasteiger partial charge in [-0.05, 0) is 9.13 Å². The Morgan fingerprint density at radius 3 is 1.36 bits per heavy atom. The molecule has 0 aliphatic carbocycles. The molecule has 0 spiro atoms. The maximum absolute atomic E-state index is 10.5. The van der Waals surface area contributed by atoms with E-state index >= 15 is 0 Å². The lowest BCUT2D eigenvalue weighted by Gasteiger charge is -1.92. The van der Waals surface area contributed by atoms with Crippen LogP contribution in [0, 0.1) is 0 Å². The zero-order valence-electron chi connectivity index (χ0n) is 7.33. The Labute approximate surface area is 83.3 Å². The van der Waals surface area contributed by atoms with Crippen molar-refractivity contribution in [3.8, 4) is 0 Å². The predicted molar refractivity (Wildman–Crippen MR) is 53.5 cm³/mol. The maximum Gasteiger partial charge on any atom is 0.510 e. The van der Waals surface area contributed by atoms with E-state index in [1.54, 1.807) is 24.3 Å². The summed E-state index contributed by atoms with van der Waals surface area (Å²) in [5.74, 6) is 0. The van der Waals surface area contributed by atoms with Crippen LogP contribution in [0.15, 0.2) is 24.3 Å². The highest BCUT2D eigenvalue weighted by Gasteiger charge is 2.14. The Morgan fingerprint density at radius 2 is 1.14 bits per heavy atom. The van der Waals surface area contributed by atoms with Gasteiger partial charge in [0.25, 0.3) is 0 Å². The summed E-state index contributed by atoms with van der Waals surface area (Å²) in [5, 5.41) is 0. The second kappa shape index (κ2) is 5.28. The number of rotatable bonds is 4. The lowest BCUT2D eigenvalue weighted by molar-refractivity contribution is 0.500. The molecular weight excluding hydrogens is 222 g/mol. The highest BCUT2D eigenvalue weighted by molar-refractivity contribution is 7.37. The van der Waals surface area contributed by atoms with Crippen molar-refractivity contribution in [2.45, 2.75) is 12.3 Å². The van der Waals surface area contributed by atoms with Crippen molar-refractivity contribution < 1.29 is 18.9 Å². The molecule has 2 unspecified atom stereocenters. The third-order valence-corrected chi connectivity index (χ3v) is 2.93. The topological polar surface area (TPSA) is 74.6 Å². The van der Waals surface area contributed by atoms with Gasteiger partial charge in [-0.1, -0.05) is 24.3 Å². The van der Waals surface area contributed by atoms with Crippen LogP contribution in [0.2, 0.25) is 0 Å². The van der Waals surface area contributed by atoms with Crippen LogP contribution in [0.5, 0.6) is 0 Å². The second-order valence-electron chi connectivity index (χ2n) is 2.84. The van der Waals surface area contributed by atoms with Crippen molar-refractivity contribution in [2.24, 2.45) is 0 Å². The molecule has 0 aliphatic rings. The van der Waals surface area contributed by atoms with Gasteiger partial charge in [-0.3, -0.25) is 0 Å². The lowest BCUT2D eigenvalue weighted by atomic mass is 10.2. The molecule has 0 aromatic heterocycles. The molecule has 14 heavy (non-hydrogen) atoms. The van der Waals surface area contributed by atoms with E-state index in [2.05, 4.69) is 0 Å². The van der Waals surface area contributed by atoms with Gasteiger partial charge in [0.05, 0.1) is 0 Å². The molecule has 0 radical (unpaired) electrons. The van der Waals surface area contributed by atoms with Crippen LogP contribution in [0.4, 0.5) is 0 Å². The quantitative estimate of drug-likeness (QED) is 0.780. The molecule has 1 rings (SSSR count). The first-order chi connectivity index (χ1) is 6.58. The SMILES string of the molecule is O=[P+](O)Cc1ccc(C[P+](=O)O)cc1. The molecule has 0 fully saturated rings. The van der Waals surface area contributed by atoms with Gasteiger partial charge in [-0.15, -0.1) is 0 Å². The summed E-state index contributed by atoms with van der Waals surface area (Å²) in [4.78, 5) is 17.3. The molecule has 0 aliphatic heterocycles. The Hall–Kier alpha value is -0.660. The van der Waals surface area contributed by atoms with Gasteiger partial charge in [0.1, 0.15) is 0 Å². The van der Waals surface area contributed by atoms with Gasteiger partial charge in [-0.25, -0.2) is 0 Å². The minimum absolute atomic E-state index is 0.126. The number of hydrogen-bond donors (Lipinski definition) is 2. The smallest absolute Gasteiger partial charge is 0.160 e. The van der Waals surface area contributed by atoms with Crippen LogP contribution < -0.4 is 0 Å². The fraction of sp³-hybridized carbons (Fsp3) is 0.250. The first-order valence-corrected chi connectivity index (χ1v) is 6.72. The fourth-order valence-electron chi connectivity index (χ4n) is 1.06. The van der Waals surface area contributed by atoms with Gasteiger partial charge in [0.15, 0.2) is 0 Å². The number of hydrogen-bond acceptors (Lipinski definition) is 2. The largest absolute Gasteiger partial charge is 0.510 e. The standard InChI is InChI=1S/C8H8O4P2/c9-13(10)5-7-1-2-8(4-3-7)6-14(11)12/h1-4H,5-6H2/p+2. The molecule has 2 atom stereocenters. The molecule has 0 heterocycles. The van der Waals surface area contributed by atoms with Crippen molar-refractivity contribution in [3.63, 3.8) is 0 Å². The van der Waals surface area contributed by atoms with Gasteiger partial charge in [-0.2, -0.15) is 9.79 Å². The summed E-state index contributed by atoms with van der Waals surface area (Å²) in [5.41, 5.74) is 1.51. The second-order valence-corrected chi connectivity index (χ2v) is 4.88. The van der Waals surface area contributed by atoms with Gasteiger partial charge in [0.2, 0.25) is 12.3 Å². The van der Waals surface area contributed by atoms with Gasteiger partial charge < -0.3 is 0 Å². The first kappa shape index (κ1) is 11.4. The molecule has 0 bridgehead atoms. The number of benzene rings is 1. The average Bonchev–Trinajstić information content (AvgIpc) is 2.06. The summed E-state index contributed by atoms with van der Waals surface area (Å²) >= 11 is 0. The molecular formula is C8H10O4P2+2. The maximum atomic E-state index is 10.5. The van der Waals surface area contributed by atoms with Crippen molar-refractivity contribution in [1.29, 1.82) is 0 Å². The Kier molecular flexibility index (Phi) is 4.30. The van der Waals surface area contributed by atoms with E-state index in [1.165, 1.54) is 0 Å². The van der Waals surface area contributed by atoms with Crippen molar-refractivity contribution in [3.05, 3.63) is 35.4 Å². The normalized spacial score (nSPS) is 12.4. The zero-order chi connectivity index (χ0) is 10.6. The highest BCUT2D eigenvalue weighted by Crippen LogP contribution is 2.24. The van der Waals surface area contributed by atoms with E-state index in [0.29, 0.717) is 0 Å². The molecule has 4 nitrogen and oxygen atoms in total. The summed E-state index contributed by atoms with van der Waals surface area (Å²) in [7, 11) is -4.32. The van der Waals surface area contributed by atoms with Crippen LogP contribution in [0.3, 0.4) is 0 Å². The fourth-order valence-corrected chi connectivity index (χ4v) is 2.11. The molecule has 2 N–H and O–H groups in total. The van der Waals surface area contributed by atoms with Crippen LogP contribution in [0.1, 0.15) is 11.1 Å². The first-order valence-electron chi connectivity index (χ1n) is 3.93. The zero-order valence-corrected chi connectivity index (χ0v) is 9.12. The van der Waals surface area contributed by atoms with Crippen molar-refractivity contribution in [2.75, 3.05) is 0 Å². The van der Waals surface area contributed by atoms with E-state index in [-0.39, 0.29) is 12.3 Å². The van der Waals surface area contributed by atoms with Crippen molar-refractivity contribution in [1.82, 2.24) is 0 Å². The van der Waals surface area contributed by atoms with Crippen molar-refractivity contribution >= 4 is 16.1 Å². The summed E-state index contributed by atoms with van der Waals surface area (Å²) in [6.07, 6.45) is 0.252. The molecule has 0 amide bonds. The monoisotopic (exact) mass is 232 g/mol. The van der Waals surface area contributed by atoms with Crippen LogP contribution in [-0.4, -0.2) is 9.79 Å². The minimum atomic E-state index is -2.16. The Morgan fingerprint density at radius 1 is 0.857 bits per heavy atom. The summed E-state index contributed by atoms with van der Waals surface area (Å²) in [6, 6.07) is 6.77. The van der Waals surface area contributed by atoms with Crippen LogP contribution >= 0.6 is 16.1 Å². The molecule has 74 valence electrons. The van der Waals surface area contributed by atoms with Crippen LogP contribution in [0.25, 0.3) is 0 Å². The molecule has 0 saturated carbocycles. The third kappa shape index (κ3) is 4.03.